The molecule has 9 heteroatoms. The van der Waals surface area contributed by atoms with E-state index in [-0.39, 0.29) is 10.6 Å². The van der Waals surface area contributed by atoms with Crippen LogP contribution in [0.1, 0.15) is 12.8 Å². The Morgan fingerprint density at radius 3 is 2.45 bits per heavy atom. The number of rotatable bonds is 4. The Kier molecular flexibility index (Phi) is 4.05. The standard InChI is InChI=1S/C11H12BrF3N2O2S/c12-7-1-4-9(16)10(5-7)20(18,19)17(8-2-3-8)6-11(13,14)15/h1,4-5,8H,2-3,6,16H2. The van der Waals surface area contributed by atoms with Gasteiger partial charge in [0.2, 0.25) is 10.0 Å². The summed E-state index contributed by atoms with van der Waals surface area (Å²) in [6, 6.07) is 3.49. The van der Waals surface area contributed by atoms with Crippen LogP contribution in [-0.2, 0) is 10.0 Å². The van der Waals surface area contributed by atoms with Crippen LogP contribution >= 0.6 is 15.9 Å². The Labute approximate surface area is 122 Å². The van der Waals surface area contributed by atoms with Gasteiger partial charge in [0, 0.05) is 10.5 Å². The third-order valence-corrected chi connectivity index (χ3v) is 5.30. The van der Waals surface area contributed by atoms with E-state index < -0.39 is 28.8 Å². The van der Waals surface area contributed by atoms with Gasteiger partial charge in [0.25, 0.3) is 0 Å². The number of sulfonamides is 1. The summed E-state index contributed by atoms with van der Waals surface area (Å²) in [5.41, 5.74) is 5.52. The van der Waals surface area contributed by atoms with Gasteiger partial charge in [-0.1, -0.05) is 15.9 Å². The molecule has 0 atom stereocenters. The molecule has 1 aromatic carbocycles. The van der Waals surface area contributed by atoms with Gasteiger partial charge in [0.05, 0.1) is 5.69 Å². The number of benzene rings is 1. The lowest BCUT2D eigenvalue weighted by Crippen LogP contribution is -2.40. The SMILES string of the molecule is Nc1ccc(Br)cc1S(=O)(=O)N(CC(F)(F)F)C1CC1. The van der Waals surface area contributed by atoms with E-state index in [4.69, 9.17) is 5.73 Å². The van der Waals surface area contributed by atoms with Gasteiger partial charge in [-0.05, 0) is 31.0 Å². The fourth-order valence-corrected chi connectivity index (χ4v) is 4.13. The Morgan fingerprint density at radius 2 is 1.95 bits per heavy atom. The number of halogens is 4. The van der Waals surface area contributed by atoms with E-state index in [9.17, 15) is 21.6 Å². The number of alkyl halides is 3. The summed E-state index contributed by atoms with van der Waals surface area (Å²) in [5, 5.41) is 0. The predicted molar refractivity (Wildman–Crippen MR) is 71.5 cm³/mol. The van der Waals surface area contributed by atoms with Crippen molar-refractivity contribution in [2.75, 3.05) is 12.3 Å². The highest BCUT2D eigenvalue weighted by atomic mass is 79.9. The van der Waals surface area contributed by atoms with Crippen LogP contribution in [0.25, 0.3) is 0 Å². The maximum Gasteiger partial charge on any atom is 0.402 e. The summed E-state index contributed by atoms with van der Waals surface area (Å²) in [5.74, 6) is 0. The first-order valence-electron chi connectivity index (χ1n) is 5.75. The number of hydrogen-bond acceptors (Lipinski definition) is 3. The van der Waals surface area contributed by atoms with Gasteiger partial charge in [0.1, 0.15) is 11.4 Å². The molecule has 0 spiro atoms. The normalized spacial score (nSPS) is 16.6. The Morgan fingerprint density at radius 1 is 1.35 bits per heavy atom. The Bertz CT molecular complexity index is 615. The maximum atomic E-state index is 12.6. The molecule has 0 amide bonds. The van der Waals surface area contributed by atoms with Crippen molar-refractivity contribution in [2.24, 2.45) is 0 Å². The molecule has 0 bridgehead atoms. The summed E-state index contributed by atoms with van der Waals surface area (Å²) < 4.78 is 63.4. The lowest BCUT2D eigenvalue weighted by Gasteiger charge is -2.23. The summed E-state index contributed by atoms with van der Waals surface area (Å²) >= 11 is 3.09. The van der Waals surface area contributed by atoms with Crippen molar-refractivity contribution >= 4 is 31.6 Å². The number of anilines is 1. The molecule has 2 rings (SSSR count). The topological polar surface area (TPSA) is 63.4 Å². The molecule has 1 aromatic rings. The van der Waals surface area contributed by atoms with Crippen molar-refractivity contribution in [1.82, 2.24) is 4.31 Å². The van der Waals surface area contributed by atoms with Crippen LogP contribution < -0.4 is 5.73 Å². The van der Waals surface area contributed by atoms with E-state index in [0.29, 0.717) is 21.6 Å². The van der Waals surface area contributed by atoms with Gasteiger partial charge >= 0.3 is 6.18 Å². The molecule has 0 aliphatic heterocycles. The van der Waals surface area contributed by atoms with Crippen molar-refractivity contribution in [2.45, 2.75) is 30.0 Å². The summed E-state index contributed by atoms with van der Waals surface area (Å²) in [6.45, 7) is -1.49. The number of nitrogen functional groups attached to an aromatic ring is 1. The lowest BCUT2D eigenvalue weighted by atomic mass is 10.3. The lowest BCUT2D eigenvalue weighted by molar-refractivity contribution is -0.137. The van der Waals surface area contributed by atoms with Gasteiger partial charge in [0.15, 0.2) is 0 Å². The number of nitrogens with zero attached hydrogens (tertiary/aromatic N) is 1. The third-order valence-electron chi connectivity index (χ3n) is 2.85. The molecular weight excluding hydrogens is 361 g/mol. The third kappa shape index (κ3) is 3.44. The quantitative estimate of drug-likeness (QED) is 0.826. The molecule has 1 fully saturated rings. The van der Waals surface area contributed by atoms with E-state index >= 15 is 0 Å². The highest BCUT2D eigenvalue weighted by molar-refractivity contribution is 9.10. The second kappa shape index (κ2) is 5.19. The predicted octanol–water partition coefficient (Wildman–Crippen LogP) is 2.75. The zero-order chi connectivity index (χ0) is 15.1. The van der Waals surface area contributed by atoms with Crippen LogP contribution in [0.2, 0.25) is 0 Å². The highest BCUT2D eigenvalue weighted by Gasteiger charge is 2.45. The van der Waals surface area contributed by atoms with Gasteiger partial charge in [-0.15, -0.1) is 0 Å². The molecule has 0 radical (unpaired) electrons. The van der Waals surface area contributed by atoms with E-state index in [0.717, 1.165) is 0 Å². The van der Waals surface area contributed by atoms with Crippen molar-refractivity contribution in [3.8, 4) is 0 Å². The summed E-state index contributed by atoms with van der Waals surface area (Å²) in [4.78, 5) is -0.303. The van der Waals surface area contributed by atoms with Gasteiger partial charge in [-0.3, -0.25) is 0 Å². The van der Waals surface area contributed by atoms with Crippen molar-refractivity contribution in [3.05, 3.63) is 22.7 Å². The summed E-state index contributed by atoms with van der Waals surface area (Å²) in [6.07, 6.45) is -3.72. The van der Waals surface area contributed by atoms with Crippen LogP contribution in [0.4, 0.5) is 18.9 Å². The molecule has 1 aliphatic carbocycles. The first kappa shape index (κ1) is 15.6. The fraction of sp³-hybridized carbons (Fsp3) is 0.455. The maximum absolute atomic E-state index is 12.6. The van der Waals surface area contributed by atoms with Crippen LogP contribution in [0, 0.1) is 0 Å². The molecule has 2 N–H and O–H groups in total. The molecule has 0 heterocycles. The van der Waals surface area contributed by atoms with Crippen LogP contribution in [0.3, 0.4) is 0 Å². The minimum atomic E-state index is -4.59. The molecule has 4 nitrogen and oxygen atoms in total. The smallest absolute Gasteiger partial charge is 0.398 e. The van der Waals surface area contributed by atoms with Crippen molar-refractivity contribution < 1.29 is 21.6 Å². The average molecular weight is 373 g/mol. The van der Waals surface area contributed by atoms with Crippen molar-refractivity contribution in [1.29, 1.82) is 0 Å². The number of nitrogens with two attached hydrogens (primary N) is 1. The molecule has 0 unspecified atom stereocenters. The van der Waals surface area contributed by atoms with E-state index in [1.807, 2.05) is 0 Å². The van der Waals surface area contributed by atoms with E-state index in [1.54, 1.807) is 0 Å². The van der Waals surface area contributed by atoms with Gasteiger partial charge in [-0.25, -0.2) is 8.42 Å². The fourth-order valence-electron chi connectivity index (χ4n) is 1.81. The first-order chi connectivity index (χ1) is 9.11. The van der Waals surface area contributed by atoms with Gasteiger partial charge in [-0.2, -0.15) is 17.5 Å². The minimum Gasteiger partial charge on any atom is -0.398 e. The molecule has 0 aromatic heterocycles. The molecule has 1 aliphatic rings. The molecule has 0 saturated heterocycles. The monoisotopic (exact) mass is 372 g/mol. The second-order valence-corrected chi connectivity index (χ2v) is 7.35. The van der Waals surface area contributed by atoms with Crippen molar-refractivity contribution in [3.63, 3.8) is 0 Å². The molecule has 1 saturated carbocycles. The Hall–Kier alpha value is -0.800. The highest BCUT2D eigenvalue weighted by Crippen LogP contribution is 2.36. The van der Waals surface area contributed by atoms with E-state index in [1.165, 1.54) is 18.2 Å². The molecular formula is C11H12BrF3N2O2S. The zero-order valence-electron chi connectivity index (χ0n) is 10.2. The zero-order valence-corrected chi connectivity index (χ0v) is 12.6. The van der Waals surface area contributed by atoms with Gasteiger partial charge < -0.3 is 5.73 Å². The van der Waals surface area contributed by atoms with E-state index in [2.05, 4.69) is 15.9 Å². The minimum absolute atomic E-state index is 0.0685. The Balaban J connectivity index is 2.43. The van der Waals surface area contributed by atoms with Crippen LogP contribution in [0.5, 0.6) is 0 Å². The van der Waals surface area contributed by atoms with Crippen LogP contribution in [0.15, 0.2) is 27.6 Å². The largest absolute Gasteiger partial charge is 0.402 e. The molecule has 20 heavy (non-hydrogen) atoms. The molecule has 112 valence electrons. The van der Waals surface area contributed by atoms with Crippen LogP contribution in [-0.4, -0.2) is 31.5 Å². The first-order valence-corrected chi connectivity index (χ1v) is 7.98. The second-order valence-electron chi connectivity index (χ2n) is 4.58. The average Bonchev–Trinajstić information content (AvgIpc) is 3.12. The summed E-state index contributed by atoms with van der Waals surface area (Å²) in [7, 11) is -4.27. The number of hydrogen-bond donors (Lipinski definition) is 1.